The van der Waals surface area contributed by atoms with Crippen molar-refractivity contribution in [1.29, 1.82) is 0 Å². The normalized spacial score (nSPS) is 12.8. The van der Waals surface area contributed by atoms with Gasteiger partial charge in [-0.15, -0.1) is 0 Å². The van der Waals surface area contributed by atoms with Crippen LogP contribution in [0.2, 0.25) is 0 Å². The van der Waals surface area contributed by atoms with Crippen molar-refractivity contribution < 1.29 is 14.9 Å². The van der Waals surface area contributed by atoms with E-state index in [1.54, 1.807) is 7.11 Å². The van der Waals surface area contributed by atoms with Crippen LogP contribution >= 0.6 is 0 Å². The topological polar surface area (TPSA) is 49.7 Å². The fourth-order valence-corrected chi connectivity index (χ4v) is 3.79. The van der Waals surface area contributed by atoms with E-state index in [0.717, 1.165) is 28.0 Å². The van der Waals surface area contributed by atoms with Crippen molar-refractivity contribution in [2.75, 3.05) is 7.11 Å². The van der Waals surface area contributed by atoms with Crippen LogP contribution in [0.1, 0.15) is 111 Å². The van der Waals surface area contributed by atoms with Gasteiger partial charge in [-0.25, -0.2) is 0 Å². The van der Waals surface area contributed by atoms with Gasteiger partial charge >= 0.3 is 0 Å². The van der Waals surface area contributed by atoms with Gasteiger partial charge in [0.15, 0.2) is 0 Å². The molecule has 0 aromatic heterocycles. The molecule has 0 radical (unpaired) electrons. The van der Waals surface area contributed by atoms with Crippen LogP contribution in [-0.2, 0) is 21.7 Å². The second kappa shape index (κ2) is 9.60. The quantitative estimate of drug-likeness (QED) is 0.454. The highest BCUT2D eigenvalue weighted by Crippen LogP contribution is 2.42. The first-order valence-corrected chi connectivity index (χ1v) is 11.9. The van der Waals surface area contributed by atoms with Crippen LogP contribution in [0.25, 0.3) is 0 Å². The van der Waals surface area contributed by atoms with E-state index in [2.05, 4.69) is 102 Å². The van der Waals surface area contributed by atoms with E-state index in [9.17, 15) is 10.2 Å². The Labute approximate surface area is 203 Å². The fraction of sp³-hybridized carbons (Fsp3) is 0.600. The van der Waals surface area contributed by atoms with E-state index >= 15 is 0 Å². The molecule has 0 aliphatic carbocycles. The Morgan fingerprint density at radius 2 is 0.758 bits per heavy atom. The minimum atomic E-state index is -0.0986. The second-order valence-electron chi connectivity index (χ2n) is 13.3. The van der Waals surface area contributed by atoms with E-state index < -0.39 is 0 Å². The van der Waals surface area contributed by atoms with Crippen LogP contribution in [0.3, 0.4) is 0 Å². The van der Waals surface area contributed by atoms with Gasteiger partial charge in [-0.2, -0.15) is 0 Å². The molecule has 3 heteroatoms. The molecule has 0 atom stereocenters. The summed E-state index contributed by atoms with van der Waals surface area (Å²) >= 11 is 0. The Balaban J connectivity index is 0.000000331. The number of aryl methyl sites for hydroxylation is 1. The van der Waals surface area contributed by atoms with Crippen molar-refractivity contribution in [1.82, 2.24) is 0 Å². The minimum Gasteiger partial charge on any atom is -0.507 e. The number of hydrogen-bond acceptors (Lipinski definition) is 3. The number of rotatable bonds is 1. The highest BCUT2D eigenvalue weighted by Gasteiger charge is 2.27. The molecule has 0 fully saturated rings. The summed E-state index contributed by atoms with van der Waals surface area (Å²) in [6.45, 7) is 27.4. The van der Waals surface area contributed by atoms with Crippen molar-refractivity contribution in [2.24, 2.45) is 0 Å². The third-order valence-corrected chi connectivity index (χ3v) is 5.81. The molecule has 0 aliphatic rings. The van der Waals surface area contributed by atoms with Crippen LogP contribution in [-0.4, -0.2) is 17.3 Å². The van der Waals surface area contributed by atoms with Gasteiger partial charge in [0.1, 0.15) is 17.2 Å². The number of aromatic hydroxyl groups is 2. The van der Waals surface area contributed by atoms with Gasteiger partial charge in [0.25, 0.3) is 0 Å². The molecule has 0 saturated heterocycles. The molecule has 2 aromatic carbocycles. The summed E-state index contributed by atoms with van der Waals surface area (Å²) in [5, 5.41) is 20.8. The smallest absolute Gasteiger partial charge is 0.123 e. The van der Waals surface area contributed by atoms with E-state index in [0.29, 0.717) is 11.5 Å². The molecular formula is C30H48O3. The molecule has 0 amide bonds. The van der Waals surface area contributed by atoms with Gasteiger partial charge in [-0.05, 0) is 51.8 Å². The lowest BCUT2D eigenvalue weighted by Crippen LogP contribution is -2.17. The molecule has 2 rings (SSSR count). The standard InChI is InChI=1S/C15H24O2.C15H24O/c1-14(2,3)11-8-10(17-7)9-12(13(11)16)15(4,5)6;1-10-8-11(14(2,3)4)13(16)12(9-10)15(5,6)7/h8-9,16H,1-7H3;8-9,16H,1-7H3. The van der Waals surface area contributed by atoms with Gasteiger partial charge in [-0.1, -0.05) is 101 Å². The highest BCUT2D eigenvalue weighted by molar-refractivity contribution is 5.52. The number of hydrogen-bond donors (Lipinski definition) is 2. The monoisotopic (exact) mass is 456 g/mol. The van der Waals surface area contributed by atoms with Crippen LogP contribution in [0.4, 0.5) is 0 Å². The SMILES string of the molecule is COc1cc(C(C)(C)C)c(O)c(C(C)(C)C)c1.Cc1cc(C(C)(C)C)c(O)c(C(C)(C)C)c1. The van der Waals surface area contributed by atoms with Crippen molar-refractivity contribution >= 4 is 0 Å². The van der Waals surface area contributed by atoms with E-state index in [1.165, 1.54) is 5.56 Å². The number of phenolic OH excluding ortho intramolecular Hbond substituents is 2. The first-order chi connectivity index (χ1) is 14.6. The molecule has 0 saturated carbocycles. The Morgan fingerprint density at radius 3 is 0.970 bits per heavy atom. The summed E-state index contributed by atoms with van der Waals surface area (Å²) in [4.78, 5) is 0. The summed E-state index contributed by atoms with van der Waals surface area (Å²) in [6.07, 6.45) is 0. The maximum Gasteiger partial charge on any atom is 0.123 e. The maximum absolute atomic E-state index is 10.4. The first-order valence-electron chi connectivity index (χ1n) is 11.9. The van der Waals surface area contributed by atoms with Crippen molar-refractivity contribution in [3.63, 3.8) is 0 Å². The lowest BCUT2D eigenvalue weighted by molar-refractivity contribution is 0.395. The van der Waals surface area contributed by atoms with Crippen LogP contribution in [0.5, 0.6) is 17.2 Å². The van der Waals surface area contributed by atoms with E-state index in [4.69, 9.17) is 4.74 Å². The fourth-order valence-electron chi connectivity index (χ4n) is 3.79. The molecule has 0 spiro atoms. The maximum atomic E-state index is 10.4. The van der Waals surface area contributed by atoms with Gasteiger partial charge < -0.3 is 14.9 Å². The van der Waals surface area contributed by atoms with Crippen molar-refractivity contribution in [2.45, 2.75) is 112 Å². The van der Waals surface area contributed by atoms with Crippen molar-refractivity contribution in [3.8, 4) is 17.2 Å². The summed E-state index contributed by atoms with van der Waals surface area (Å²) in [5.41, 5.74) is 4.93. The minimum absolute atomic E-state index is 0.0178. The Hall–Kier alpha value is -2.16. The molecule has 0 unspecified atom stereocenters. The van der Waals surface area contributed by atoms with Gasteiger partial charge in [-0.3, -0.25) is 0 Å². The number of phenols is 2. The molecule has 0 bridgehead atoms. The zero-order valence-electron chi connectivity index (χ0n) is 23.6. The van der Waals surface area contributed by atoms with Gasteiger partial charge in [0.05, 0.1) is 7.11 Å². The average Bonchev–Trinajstić information content (AvgIpc) is 2.60. The van der Waals surface area contributed by atoms with Crippen molar-refractivity contribution in [3.05, 3.63) is 52.1 Å². The third kappa shape index (κ3) is 7.42. The third-order valence-electron chi connectivity index (χ3n) is 5.81. The first kappa shape index (κ1) is 28.9. The molecule has 0 aliphatic heterocycles. The van der Waals surface area contributed by atoms with E-state index in [1.807, 2.05) is 12.1 Å². The Kier molecular flexibility index (Phi) is 8.40. The van der Waals surface area contributed by atoms with Gasteiger partial charge in [0.2, 0.25) is 0 Å². The highest BCUT2D eigenvalue weighted by atomic mass is 16.5. The number of ether oxygens (including phenoxy) is 1. The molecular weight excluding hydrogens is 408 g/mol. The predicted molar refractivity (Wildman–Crippen MR) is 142 cm³/mol. The molecule has 2 N–H and O–H groups in total. The van der Waals surface area contributed by atoms with Crippen LogP contribution in [0, 0.1) is 6.92 Å². The Bertz CT molecular complexity index is 886. The lowest BCUT2D eigenvalue weighted by atomic mass is 9.78. The summed E-state index contributed by atoms with van der Waals surface area (Å²) in [7, 11) is 1.66. The number of benzene rings is 2. The zero-order valence-corrected chi connectivity index (χ0v) is 23.6. The zero-order chi connectivity index (χ0) is 26.2. The number of methoxy groups -OCH3 is 1. The van der Waals surface area contributed by atoms with E-state index in [-0.39, 0.29) is 21.7 Å². The molecule has 3 nitrogen and oxygen atoms in total. The van der Waals surface area contributed by atoms with Crippen LogP contribution in [0.15, 0.2) is 24.3 Å². The average molecular weight is 457 g/mol. The predicted octanol–water partition coefficient (Wildman–Crippen LogP) is 8.29. The van der Waals surface area contributed by atoms with Crippen LogP contribution < -0.4 is 4.74 Å². The molecule has 2 aromatic rings. The molecule has 33 heavy (non-hydrogen) atoms. The Morgan fingerprint density at radius 1 is 0.515 bits per heavy atom. The second-order valence-corrected chi connectivity index (χ2v) is 13.3. The molecule has 0 heterocycles. The largest absolute Gasteiger partial charge is 0.507 e. The lowest BCUT2D eigenvalue weighted by Gasteiger charge is -2.27. The summed E-state index contributed by atoms with van der Waals surface area (Å²) in [5.74, 6) is 1.66. The summed E-state index contributed by atoms with van der Waals surface area (Å²) in [6, 6.07) is 8.02. The van der Waals surface area contributed by atoms with Gasteiger partial charge in [0, 0.05) is 11.1 Å². The summed E-state index contributed by atoms with van der Waals surface area (Å²) < 4.78 is 5.33. The molecule has 186 valence electrons.